The monoisotopic (exact) mass is 385 g/mol. The minimum Gasteiger partial charge on any atom is -0.468 e. The molecule has 0 spiro atoms. The number of nitrogens with two attached hydrogens (primary N) is 1. The van der Waals surface area contributed by atoms with Crippen LogP contribution in [0.15, 0.2) is 71.8 Å². The number of fused-ring (bicyclic) bond motifs is 1. The molecule has 0 fully saturated rings. The fraction of sp³-hybridized carbons (Fsp3) is 0.158. The molecule has 0 amide bonds. The first-order chi connectivity index (χ1) is 12.9. The highest BCUT2D eigenvalue weighted by Gasteiger charge is 2.32. The van der Waals surface area contributed by atoms with Gasteiger partial charge in [0.15, 0.2) is 0 Å². The van der Waals surface area contributed by atoms with Crippen LogP contribution in [0.5, 0.6) is 0 Å². The van der Waals surface area contributed by atoms with Crippen LogP contribution in [0.3, 0.4) is 0 Å². The Kier molecular flexibility index (Phi) is 5.50. The summed E-state index contributed by atoms with van der Waals surface area (Å²) in [5, 5.41) is 0.689. The molecule has 2 atom stereocenters. The molecule has 0 saturated carbocycles. The zero-order valence-electron chi connectivity index (χ0n) is 14.6. The molecule has 1 aromatic heterocycles. The number of esters is 1. The zero-order chi connectivity index (χ0) is 19.4. The van der Waals surface area contributed by atoms with Gasteiger partial charge in [-0.25, -0.2) is 13.1 Å². The molecule has 3 N–H and O–H groups in total. The normalized spacial score (nSPS) is 13.9. The summed E-state index contributed by atoms with van der Waals surface area (Å²) in [6.45, 7) is 0. The maximum Gasteiger partial charge on any atom is 0.324 e. The van der Waals surface area contributed by atoms with Gasteiger partial charge < -0.3 is 10.5 Å². The summed E-state index contributed by atoms with van der Waals surface area (Å²) < 4.78 is 33.4. The Bertz CT molecular complexity index is 1050. The van der Waals surface area contributed by atoms with Gasteiger partial charge in [0.05, 0.1) is 18.7 Å². The number of hydrogen-bond donors (Lipinski definition) is 2. The predicted molar refractivity (Wildman–Crippen MR) is 101 cm³/mol. The lowest BCUT2D eigenvalue weighted by Crippen LogP contribution is -2.46. The van der Waals surface area contributed by atoms with Crippen molar-refractivity contribution in [2.45, 2.75) is 17.0 Å². The quantitative estimate of drug-likeness (QED) is 0.626. The molecule has 3 aromatic rings. The lowest BCUT2D eigenvalue weighted by atomic mass is 10.0. The van der Waals surface area contributed by atoms with Gasteiger partial charge in [-0.15, -0.1) is 0 Å². The average Bonchev–Trinajstić information content (AvgIpc) is 2.71. The van der Waals surface area contributed by atoms with Gasteiger partial charge in [-0.1, -0.05) is 48.5 Å². The van der Waals surface area contributed by atoms with Crippen LogP contribution >= 0.6 is 0 Å². The van der Waals surface area contributed by atoms with E-state index in [2.05, 4.69) is 9.71 Å². The van der Waals surface area contributed by atoms with Crippen molar-refractivity contribution < 1.29 is 17.9 Å². The molecule has 0 bridgehead atoms. The number of carbonyl (C=O) groups excluding carboxylic acids is 1. The first-order valence-corrected chi connectivity index (χ1v) is 9.67. The largest absolute Gasteiger partial charge is 0.468 e. The fourth-order valence-electron chi connectivity index (χ4n) is 2.80. The number of nitrogens with one attached hydrogen (secondary N) is 1. The summed E-state index contributed by atoms with van der Waals surface area (Å²) in [6.07, 6.45) is 1.52. The molecular formula is C19H19N3O4S. The highest BCUT2D eigenvalue weighted by molar-refractivity contribution is 7.89. The van der Waals surface area contributed by atoms with E-state index in [9.17, 15) is 13.2 Å². The van der Waals surface area contributed by atoms with Crippen LogP contribution in [-0.4, -0.2) is 32.5 Å². The number of hydrogen-bond acceptors (Lipinski definition) is 6. The average molecular weight is 385 g/mol. The van der Waals surface area contributed by atoms with Crippen molar-refractivity contribution in [1.82, 2.24) is 9.71 Å². The van der Waals surface area contributed by atoms with E-state index < -0.39 is 28.1 Å². The molecule has 7 nitrogen and oxygen atoms in total. The van der Waals surface area contributed by atoms with Gasteiger partial charge in [0.2, 0.25) is 10.0 Å². The van der Waals surface area contributed by atoms with Crippen LogP contribution in [0.25, 0.3) is 10.9 Å². The van der Waals surface area contributed by atoms with Crippen molar-refractivity contribution in [2.75, 3.05) is 7.11 Å². The Balaban J connectivity index is 2.05. The number of benzene rings is 2. The minimum absolute atomic E-state index is 0.0126. The highest BCUT2D eigenvalue weighted by atomic mass is 32.2. The third kappa shape index (κ3) is 3.97. The predicted octanol–water partition coefficient (Wildman–Crippen LogP) is 1.75. The number of methoxy groups -OCH3 is 1. The van der Waals surface area contributed by atoms with E-state index in [1.54, 1.807) is 54.6 Å². The Hall–Kier alpha value is -2.81. The van der Waals surface area contributed by atoms with Gasteiger partial charge in [0.25, 0.3) is 0 Å². The van der Waals surface area contributed by atoms with Crippen LogP contribution in [0.2, 0.25) is 0 Å². The Morgan fingerprint density at radius 1 is 1.07 bits per heavy atom. The van der Waals surface area contributed by atoms with E-state index in [0.29, 0.717) is 16.5 Å². The number of nitrogens with zero attached hydrogens (tertiary/aromatic N) is 1. The Morgan fingerprint density at radius 3 is 2.48 bits per heavy atom. The van der Waals surface area contributed by atoms with Gasteiger partial charge in [-0.3, -0.25) is 9.78 Å². The number of ether oxygens (including phenoxy) is 1. The van der Waals surface area contributed by atoms with Gasteiger partial charge in [-0.2, -0.15) is 0 Å². The molecule has 0 aliphatic rings. The molecule has 0 unspecified atom stereocenters. The summed E-state index contributed by atoms with van der Waals surface area (Å²) in [4.78, 5) is 16.2. The van der Waals surface area contributed by atoms with Crippen molar-refractivity contribution in [3.8, 4) is 0 Å². The lowest BCUT2D eigenvalue weighted by Gasteiger charge is -2.24. The smallest absolute Gasteiger partial charge is 0.324 e. The molecular weight excluding hydrogens is 366 g/mol. The van der Waals surface area contributed by atoms with Crippen LogP contribution < -0.4 is 10.5 Å². The van der Waals surface area contributed by atoms with Crippen molar-refractivity contribution >= 4 is 26.9 Å². The number of aromatic nitrogens is 1. The van der Waals surface area contributed by atoms with Gasteiger partial charge in [-0.05, 0) is 17.7 Å². The van der Waals surface area contributed by atoms with Crippen molar-refractivity contribution in [3.63, 3.8) is 0 Å². The molecule has 2 aromatic carbocycles. The molecule has 140 valence electrons. The molecule has 1 heterocycles. The summed E-state index contributed by atoms with van der Waals surface area (Å²) >= 11 is 0. The number of pyridine rings is 1. The molecule has 0 aliphatic carbocycles. The maximum atomic E-state index is 13.1. The van der Waals surface area contributed by atoms with Crippen LogP contribution in [0, 0.1) is 0 Å². The summed E-state index contributed by atoms with van der Waals surface area (Å²) in [5.41, 5.74) is 6.87. The molecule has 27 heavy (non-hydrogen) atoms. The van der Waals surface area contributed by atoms with E-state index >= 15 is 0 Å². The van der Waals surface area contributed by atoms with E-state index in [1.807, 2.05) is 0 Å². The molecule has 0 radical (unpaired) electrons. The maximum absolute atomic E-state index is 13.1. The van der Waals surface area contributed by atoms with E-state index in [4.69, 9.17) is 10.5 Å². The van der Waals surface area contributed by atoms with Crippen molar-refractivity contribution in [1.29, 1.82) is 0 Å². The fourth-order valence-corrected chi connectivity index (χ4v) is 4.23. The summed E-state index contributed by atoms with van der Waals surface area (Å²) in [6, 6.07) is 14.8. The first kappa shape index (κ1) is 19.0. The third-order valence-corrected chi connectivity index (χ3v) is 5.63. The van der Waals surface area contributed by atoms with Crippen LogP contribution in [0.4, 0.5) is 0 Å². The molecule has 0 aliphatic heterocycles. The number of rotatable bonds is 6. The number of para-hydroxylation sites is 1. The topological polar surface area (TPSA) is 111 Å². The standard InChI is InChI=1S/C19H19N3O4S/c1-26-19(23)16(20)18(14-7-3-2-4-8-14)22-27(24,25)15-11-5-9-13-10-6-12-21-17(13)15/h2-12,16,18,22H,20H2,1H3/t16-,18-/m0/s1. The zero-order valence-corrected chi connectivity index (χ0v) is 15.4. The van der Waals surface area contributed by atoms with E-state index in [-0.39, 0.29) is 4.90 Å². The molecule has 0 saturated heterocycles. The summed E-state index contributed by atoms with van der Waals surface area (Å²) in [7, 11) is -2.82. The van der Waals surface area contributed by atoms with Gasteiger partial charge in [0, 0.05) is 11.6 Å². The molecule has 3 rings (SSSR count). The highest BCUT2D eigenvalue weighted by Crippen LogP contribution is 2.24. The number of sulfonamides is 1. The Labute approximate surface area is 157 Å². The third-order valence-electron chi connectivity index (χ3n) is 4.16. The SMILES string of the molecule is COC(=O)[C@@H](N)[C@@H](NS(=O)(=O)c1cccc2cccnc12)c1ccccc1. The second-order valence-corrected chi connectivity index (χ2v) is 7.57. The van der Waals surface area contributed by atoms with Crippen LogP contribution in [-0.2, 0) is 19.6 Å². The van der Waals surface area contributed by atoms with E-state index in [1.165, 1.54) is 19.4 Å². The minimum atomic E-state index is -4.02. The summed E-state index contributed by atoms with van der Waals surface area (Å²) in [5.74, 6) is -0.720. The number of carbonyl (C=O) groups is 1. The van der Waals surface area contributed by atoms with Crippen molar-refractivity contribution in [3.05, 3.63) is 72.4 Å². The van der Waals surface area contributed by atoms with Crippen molar-refractivity contribution in [2.24, 2.45) is 5.73 Å². The van der Waals surface area contributed by atoms with E-state index in [0.717, 1.165) is 0 Å². The first-order valence-electron chi connectivity index (χ1n) is 8.18. The van der Waals surface area contributed by atoms with Crippen LogP contribution in [0.1, 0.15) is 11.6 Å². The van der Waals surface area contributed by atoms with Gasteiger partial charge in [0.1, 0.15) is 10.9 Å². The molecule has 8 heteroatoms. The Morgan fingerprint density at radius 2 is 1.78 bits per heavy atom. The lowest BCUT2D eigenvalue weighted by molar-refractivity contribution is -0.142. The second-order valence-electron chi connectivity index (χ2n) is 5.89. The van der Waals surface area contributed by atoms with Gasteiger partial charge >= 0.3 is 5.97 Å². The second kappa shape index (κ2) is 7.83.